The average molecular weight is 203 g/mol. The molecular formula is C12H17N3. The minimum Gasteiger partial charge on any atom is -0.341 e. The van der Waals surface area contributed by atoms with Crippen molar-refractivity contribution in [1.29, 1.82) is 0 Å². The number of benzene rings is 1. The Morgan fingerprint density at radius 3 is 2.67 bits per heavy atom. The van der Waals surface area contributed by atoms with Crippen LogP contribution in [-0.2, 0) is 12.0 Å². The van der Waals surface area contributed by atoms with E-state index in [2.05, 4.69) is 42.9 Å². The van der Waals surface area contributed by atoms with Crippen LogP contribution in [0.1, 0.15) is 32.2 Å². The number of nitrogens with one attached hydrogen (secondary N) is 1. The molecule has 15 heavy (non-hydrogen) atoms. The number of nitrogens with zero attached hydrogens (tertiary/aromatic N) is 1. The molecule has 1 aromatic heterocycles. The molecule has 0 saturated carbocycles. The molecule has 0 fully saturated rings. The Morgan fingerprint density at radius 2 is 2.07 bits per heavy atom. The third-order valence-corrected chi connectivity index (χ3v) is 2.59. The molecule has 2 aromatic rings. The summed E-state index contributed by atoms with van der Waals surface area (Å²) in [6.45, 7) is 7.07. The zero-order chi connectivity index (χ0) is 11.1. The normalized spacial score (nSPS) is 12.3. The molecule has 0 radical (unpaired) electrons. The van der Waals surface area contributed by atoms with Crippen LogP contribution in [0.5, 0.6) is 0 Å². The minimum atomic E-state index is 0.169. The second-order valence-electron chi connectivity index (χ2n) is 4.87. The molecule has 0 atom stereocenters. The molecule has 80 valence electrons. The fourth-order valence-electron chi connectivity index (χ4n) is 1.63. The van der Waals surface area contributed by atoms with E-state index in [4.69, 9.17) is 5.73 Å². The molecule has 3 nitrogen and oxygen atoms in total. The summed E-state index contributed by atoms with van der Waals surface area (Å²) in [6, 6.07) is 6.33. The van der Waals surface area contributed by atoms with E-state index < -0.39 is 0 Å². The first-order valence-electron chi connectivity index (χ1n) is 5.20. The van der Waals surface area contributed by atoms with Crippen LogP contribution < -0.4 is 5.73 Å². The number of nitrogens with two attached hydrogens (primary N) is 1. The molecule has 3 heteroatoms. The maximum absolute atomic E-state index is 5.54. The van der Waals surface area contributed by atoms with Crippen molar-refractivity contribution in [2.24, 2.45) is 5.73 Å². The number of H-pyrrole nitrogens is 1. The first kappa shape index (κ1) is 10.2. The SMILES string of the molecule is CC(C)(C)c1ccc2nc(CN)[nH]c2c1. The van der Waals surface area contributed by atoms with Crippen LogP contribution >= 0.6 is 0 Å². The smallest absolute Gasteiger partial charge is 0.121 e. The minimum absolute atomic E-state index is 0.169. The van der Waals surface area contributed by atoms with E-state index in [9.17, 15) is 0 Å². The van der Waals surface area contributed by atoms with Crippen molar-refractivity contribution in [2.45, 2.75) is 32.7 Å². The fourth-order valence-corrected chi connectivity index (χ4v) is 1.63. The topological polar surface area (TPSA) is 54.7 Å². The lowest BCUT2D eigenvalue weighted by Crippen LogP contribution is -2.10. The molecule has 0 spiro atoms. The van der Waals surface area contributed by atoms with Crippen LogP contribution in [0.2, 0.25) is 0 Å². The number of aromatic amines is 1. The molecule has 0 bridgehead atoms. The van der Waals surface area contributed by atoms with E-state index in [1.165, 1.54) is 5.56 Å². The highest BCUT2D eigenvalue weighted by molar-refractivity contribution is 5.76. The van der Waals surface area contributed by atoms with Gasteiger partial charge in [0.15, 0.2) is 0 Å². The van der Waals surface area contributed by atoms with E-state index in [0.717, 1.165) is 16.9 Å². The maximum Gasteiger partial charge on any atom is 0.121 e. The summed E-state index contributed by atoms with van der Waals surface area (Å²) in [5.41, 5.74) is 9.08. The molecule has 0 aliphatic carbocycles. The Bertz CT molecular complexity index is 477. The predicted octanol–water partition coefficient (Wildman–Crippen LogP) is 2.32. The lowest BCUT2D eigenvalue weighted by Gasteiger charge is -2.18. The predicted molar refractivity (Wildman–Crippen MR) is 62.7 cm³/mol. The maximum atomic E-state index is 5.54. The van der Waals surface area contributed by atoms with E-state index in [1.54, 1.807) is 0 Å². The van der Waals surface area contributed by atoms with Gasteiger partial charge in [0.1, 0.15) is 5.82 Å². The van der Waals surface area contributed by atoms with Gasteiger partial charge in [0, 0.05) is 0 Å². The quantitative estimate of drug-likeness (QED) is 0.747. The molecule has 0 aliphatic rings. The Hall–Kier alpha value is -1.35. The van der Waals surface area contributed by atoms with E-state index >= 15 is 0 Å². The molecule has 0 amide bonds. The highest BCUT2D eigenvalue weighted by Gasteiger charge is 2.14. The second kappa shape index (κ2) is 3.35. The van der Waals surface area contributed by atoms with Gasteiger partial charge in [0.05, 0.1) is 17.6 Å². The third-order valence-electron chi connectivity index (χ3n) is 2.59. The number of aromatic nitrogens is 2. The lowest BCUT2D eigenvalue weighted by molar-refractivity contribution is 0.591. The summed E-state index contributed by atoms with van der Waals surface area (Å²) in [4.78, 5) is 7.60. The summed E-state index contributed by atoms with van der Waals surface area (Å²) in [7, 11) is 0. The van der Waals surface area contributed by atoms with Crippen molar-refractivity contribution >= 4 is 11.0 Å². The number of hydrogen-bond donors (Lipinski definition) is 2. The summed E-state index contributed by atoms with van der Waals surface area (Å²) in [5.74, 6) is 0.844. The highest BCUT2D eigenvalue weighted by atomic mass is 14.9. The Labute approximate surface area is 89.7 Å². The molecule has 2 rings (SSSR count). The molecular weight excluding hydrogens is 186 g/mol. The van der Waals surface area contributed by atoms with Gasteiger partial charge in [0.2, 0.25) is 0 Å². The lowest BCUT2D eigenvalue weighted by atomic mass is 9.87. The van der Waals surface area contributed by atoms with Crippen LogP contribution in [0.3, 0.4) is 0 Å². The van der Waals surface area contributed by atoms with Gasteiger partial charge in [-0.25, -0.2) is 4.98 Å². The van der Waals surface area contributed by atoms with Gasteiger partial charge >= 0.3 is 0 Å². The van der Waals surface area contributed by atoms with Crippen molar-refractivity contribution in [3.8, 4) is 0 Å². The standard InChI is InChI=1S/C12H17N3/c1-12(2,3)8-4-5-9-10(6-8)15-11(7-13)14-9/h4-6H,7,13H2,1-3H3,(H,14,15). The van der Waals surface area contributed by atoms with Crippen LogP contribution in [0.25, 0.3) is 11.0 Å². The first-order valence-corrected chi connectivity index (χ1v) is 5.20. The Kier molecular flexibility index (Phi) is 2.27. The Morgan fingerprint density at radius 1 is 1.33 bits per heavy atom. The largest absolute Gasteiger partial charge is 0.341 e. The summed E-state index contributed by atoms with van der Waals surface area (Å²) >= 11 is 0. The Balaban J connectivity index is 2.55. The molecule has 0 unspecified atom stereocenters. The van der Waals surface area contributed by atoms with Crippen molar-refractivity contribution in [3.05, 3.63) is 29.6 Å². The van der Waals surface area contributed by atoms with Crippen molar-refractivity contribution < 1.29 is 0 Å². The van der Waals surface area contributed by atoms with Gasteiger partial charge in [-0.1, -0.05) is 26.8 Å². The molecule has 0 saturated heterocycles. The zero-order valence-corrected chi connectivity index (χ0v) is 9.46. The van der Waals surface area contributed by atoms with Crippen molar-refractivity contribution in [3.63, 3.8) is 0 Å². The fraction of sp³-hybridized carbons (Fsp3) is 0.417. The highest BCUT2D eigenvalue weighted by Crippen LogP contribution is 2.24. The summed E-state index contributed by atoms with van der Waals surface area (Å²) in [6.07, 6.45) is 0. The van der Waals surface area contributed by atoms with Crippen LogP contribution in [0.4, 0.5) is 0 Å². The molecule has 0 aliphatic heterocycles. The molecule has 1 heterocycles. The second-order valence-corrected chi connectivity index (χ2v) is 4.87. The van der Waals surface area contributed by atoms with E-state index in [-0.39, 0.29) is 5.41 Å². The van der Waals surface area contributed by atoms with Gasteiger partial charge in [0.25, 0.3) is 0 Å². The van der Waals surface area contributed by atoms with Gasteiger partial charge in [-0.3, -0.25) is 0 Å². The van der Waals surface area contributed by atoms with Crippen LogP contribution in [0, 0.1) is 0 Å². The number of fused-ring (bicyclic) bond motifs is 1. The van der Waals surface area contributed by atoms with Gasteiger partial charge < -0.3 is 10.7 Å². The van der Waals surface area contributed by atoms with Crippen LogP contribution in [-0.4, -0.2) is 9.97 Å². The number of hydrogen-bond acceptors (Lipinski definition) is 2. The number of rotatable bonds is 1. The van der Waals surface area contributed by atoms with Crippen molar-refractivity contribution in [2.75, 3.05) is 0 Å². The van der Waals surface area contributed by atoms with E-state index in [1.807, 2.05) is 6.07 Å². The molecule has 3 N–H and O–H groups in total. The summed E-state index contributed by atoms with van der Waals surface area (Å²) in [5, 5.41) is 0. The molecule has 1 aromatic carbocycles. The monoisotopic (exact) mass is 203 g/mol. The van der Waals surface area contributed by atoms with Crippen LogP contribution in [0.15, 0.2) is 18.2 Å². The zero-order valence-electron chi connectivity index (χ0n) is 9.46. The number of imidazole rings is 1. The van der Waals surface area contributed by atoms with Gasteiger partial charge in [-0.2, -0.15) is 0 Å². The third kappa shape index (κ3) is 1.88. The van der Waals surface area contributed by atoms with Crippen molar-refractivity contribution in [1.82, 2.24) is 9.97 Å². The van der Waals surface area contributed by atoms with Gasteiger partial charge in [-0.05, 0) is 23.1 Å². The van der Waals surface area contributed by atoms with E-state index in [0.29, 0.717) is 6.54 Å². The summed E-state index contributed by atoms with van der Waals surface area (Å²) < 4.78 is 0. The van der Waals surface area contributed by atoms with Gasteiger partial charge in [-0.15, -0.1) is 0 Å². The first-order chi connectivity index (χ1) is 7.00. The average Bonchev–Trinajstić information content (AvgIpc) is 2.57.